The minimum Gasteiger partial charge on any atom is -0.372 e. The molecule has 0 aromatic heterocycles. The standard InChI is InChI=1S/C22H30N2O2S/c1-18-8-13-22(17-19(18)2)27(25,26)23-14-6-7-20-9-11-21(12-10-20)24-15-4-3-5-16-24/h8-13,17,23H,3-7,14-16H2,1-2H3. The highest BCUT2D eigenvalue weighted by Crippen LogP contribution is 2.20. The summed E-state index contributed by atoms with van der Waals surface area (Å²) < 4.78 is 27.5. The fourth-order valence-electron chi connectivity index (χ4n) is 3.49. The van der Waals surface area contributed by atoms with Crippen molar-refractivity contribution in [3.05, 3.63) is 59.2 Å². The molecule has 5 heteroatoms. The molecule has 0 amide bonds. The minimum atomic E-state index is -3.43. The van der Waals surface area contributed by atoms with Gasteiger partial charge in [-0.1, -0.05) is 18.2 Å². The van der Waals surface area contributed by atoms with Crippen LogP contribution in [0, 0.1) is 13.8 Å². The Balaban J connectivity index is 1.48. The van der Waals surface area contributed by atoms with Crippen LogP contribution < -0.4 is 9.62 Å². The van der Waals surface area contributed by atoms with Crippen LogP contribution in [-0.4, -0.2) is 28.1 Å². The largest absolute Gasteiger partial charge is 0.372 e. The van der Waals surface area contributed by atoms with Gasteiger partial charge < -0.3 is 4.90 Å². The Morgan fingerprint density at radius 1 is 0.926 bits per heavy atom. The topological polar surface area (TPSA) is 49.4 Å². The number of nitrogens with zero attached hydrogens (tertiary/aromatic N) is 1. The predicted molar refractivity (Wildman–Crippen MR) is 112 cm³/mol. The summed E-state index contributed by atoms with van der Waals surface area (Å²) in [6.45, 7) is 6.67. The summed E-state index contributed by atoms with van der Waals surface area (Å²) in [4.78, 5) is 2.79. The summed E-state index contributed by atoms with van der Waals surface area (Å²) in [5.41, 5.74) is 4.64. The normalized spacial score (nSPS) is 15.1. The van der Waals surface area contributed by atoms with Crippen molar-refractivity contribution in [3.63, 3.8) is 0 Å². The average Bonchev–Trinajstić information content (AvgIpc) is 2.68. The zero-order valence-corrected chi connectivity index (χ0v) is 17.2. The zero-order chi connectivity index (χ0) is 19.3. The van der Waals surface area contributed by atoms with Crippen molar-refractivity contribution < 1.29 is 8.42 Å². The van der Waals surface area contributed by atoms with Gasteiger partial charge in [0.2, 0.25) is 10.0 Å². The number of piperidine rings is 1. The summed E-state index contributed by atoms with van der Waals surface area (Å²) in [5.74, 6) is 0. The molecule has 0 saturated carbocycles. The minimum absolute atomic E-state index is 0.344. The lowest BCUT2D eigenvalue weighted by molar-refractivity contribution is 0.577. The van der Waals surface area contributed by atoms with Crippen LogP contribution in [0.5, 0.6) is 0 Å². The van der Waals surface area contributed by atoms with E-state index in [1.807, 2.05) is 19.9 Å². The van der Waals surface area contributed by atoms with Gasteiger partial charge >= 0.3 is 0 Å². The zero-order valence-electron chi connectivity index (χ0n) is 16.4. The van der Waals surface area contributed by atoms with Gasteiger partial charge in [-0.05, 0) is 86.9 Å². The number of benzene rings is 2. The molecule has 1 N–H and O–H groups in total. The van der Waals surface area contributed by atoms with E-state index in [0.29, 0.717) is 11.4 Å². The molecule has 1 fully saturated rings. The maximum atomic E-state index is 12.4. The SMILES string of the molecule is Cc1ccc(S(=O)(=O)NCCCc2ccc(N3CCCCC3)cc2)cc1C. The fourth-order valence-corrected chi connectivity index (χ4v) is 4.65. The lowest BCUT2D eigenvalue weighted by Gasteiger charge is -2.28. The molecule has 1 aliphatic rings. The van der Waals surface area contributed by atoms with Gasteiger partial charge in [-0.3, -0.25) is 0 Å². The molecule has 27 heavy (non-hydrogen) atoms. The lowest BCUT2D eigenvalue weighted by Crippen LogP contribution is -2.29. The molecule has 0 radical (unpaired) electrons. The van der Waals surface area contributed by atoms with Gasteiger partial charge in [0.25, 0.3) is 0 Å². The maximum absolute atomic E-state index is 12.4. The maximum Gasteiger partial charge on any atom is 0.240 e. The van der Waals surface area contributed by atoms with Crippen LogP contribution in [0.25, 0.3) is 0 Å². The van der Waals surface area contributed by atoms with Crippen LogP contribution in [0.4, 0.5) is 5.69 Å². The average molecular weight is 387 g/mol. The molecule has 1 aliphatic heterocycles. The Bertz CT molecular complexity index is 854. The third-order valence-corrected chi connectivity index (χ3v) is 6.84. The van der Waals surface area contributed by atoms with Crippen molar-refractivity contribution in [1.82, 2.24) is 4.72 Å². The summed E-state index contributed by atoms with van der Waals surface area (Å²) in [6.07, 6.45) is 5.56. The first-order valence-electron chi connectivity index (χ1n) is 9.86. The third-order valence-electron chi connectivity index (χ3n) is 5.38. The first kappa shape index (κ1) is 19.9. The van der Waals surface area contributed by atoms with Gasteiger partial charge in [-0.25, -0.2) is 13.1 Å². The van der Waals surface area contributed by atoms with Crippen molar-refractivity contribution in [2.75, 3.05) is 24.5 Å². The molecular formula is C22H30N2O2S. The van der Waals surface area contributed by atoms with E-state index < -0.39 is 10.0 Å². The molecule has 0 atom stereocenters. The van der Waals surface area contributed by atoms with Crippen molar-refractivity contribution in [2.45, 2.75) is 50.8 Å². The van der Waals surface area contributed by atoms with E-state index in [1.165, 1.54) is 30.5 Å². The molecular weight excluding hydrogens is 356 g/mol. The Labute approximate surface area is 163 Å². The van der Waals surface area contributed by atoms with Crippen molar-refractivity contribution >= 4 is 15.7 Å². The van der Waals surface area contributed by atoms with Crippen molar-refractivity contribution in [3.8, 4) is 0 Å². The number of aryl methyl sites for hydroxylation is 3. The van der Waals surface area contributed by atoms with Gasteiger partial charge in [0.05, 0.1) is 4.90 Å². The number of rotatable bonds is 7. The first-order valence-corrected chi connectivity index (χ1v) is 11.3. The molecule has 1 saturated heterocycles. The number of hydrogen-bond acceptors (Lipinski definition) is 3. The third kappa shape index (κ3) is 5.33. The lowest BCUT2D eigenvalue weighted by atomic mass is 10.1. The second-order valence-corrected chi connectivity index (χ2v) is 9.23. The monoisotopic (exact) mass is 386 g/mol. The van der Waals surface area contributed by atoms with Gasteiger partial charge in [0.15, 0.2) is 0 Å². The number of hydrogen-bond donors (Lipinski definition) is 1. The summed E-state index contributed by atoms with van der Waals surface area (Å²) in [5, 5.41) is 0. The van der Waals surface area contributed by atoms with Crippen molar-refractivity contribution in [1.29, 1.82) is 0 Å². The molecule has 3 rings (SSSR count). The number of sulfonamides is 1. The van der Waals surface area contributed by atoms with E-state index >= 15 is 0 Å². The molecule has 2 aromatic carbocycles. The van der Waals surface area contributed by atoms with E-state index in [2.05, 4.69) is 33.9 Å². The van der Waals surface area contributed by atoms with Gasteiger partial charge in [0, 0.05) is 25.3 Å². The highest BCUT2D eigenvalue weighted by molar-refractivity contribution is 7.89. The van der Waals surface area contributed by atoms with Crippen LogP contribution in [0.15, 0.2) is 47.4 Å². The Hall–Kier alpha value is -1.85. The van der Waals surface area contributed by atoms with E-state index in [4.69, 9.17) is 0 Å². The smallest absolute Gasteiger partial charge is 0.240 e. The van der Waals surface area contributed by atoms with Gasteiger partial charge in [-0.15, -0.1) is 0 Å². The molecule has 0 unspecified atom stereocenters. The molecule has 0 bridgehead atoms. The van der Waals surface area contributed by atoms with E-state index in [-0.39, 0.29) is 0 Å². The summed E-state index contributed by atoms with van der Waals surface area (Å²) >= 11 is 0. The fraction of sp³-hybridized carbons (Fsp3) is 0.455. The Morgan fingerprint density at radius 2 is 1.63 bits per heavy atom. The quantitative estimate of drug-likeness (QED) is 0.726. The first-order chi connectivity index (χ1) is 13.0. The van der Waals surface area contributed by atoms with Gasteiger partial charge in [0.1, 0.15) is 0 Å². The molecule has 4 nitrogen and oxygen atoms in total. The number of anilines is 1. The van der Waals surface area contributed by atoms with Crippen LogP contribution in [-0.2, 0) is 16.4 Å². The van der Waals surface area contributed by atoms with E-state index in [9.17, 15) is 8.42 Å². The number of nitrogens with one attached hydrogen (secondary N) is 1. The molecule has 2 aromatic rings. The van der Waals surface area contributed by atoms with E-state index in [0.717, 1.165) is 37.1 Å². The van der Waals surface area contributed by atoms with Crippen LogP contribution in [0.1, 0.15) is 42.4 Å². The highest BCUT2D eigenvalue weighted by atomic mass is 32.2. The van der Waals surface area contributed by atoms with Crippen LogP contribution in [0.2, 0.25) is 0 Å². The van der Waals surface area contributed by atoms with Gasteiger partial charge in [-0.2, -0.15) is 0 Å². The van der Waals surface area contributed by atoms with Crippen LogP contribution in [0.3, 0.4) is 0 Å². The second kappa shape index (κ2) is 8.89. The molecule has 146 valence electrons. The highest BCUT2D eigenvalue weighted by Gasteiger charge is 2.14. The molecule has 1 heterocycles. The Morgan fingerprint density at radius 3 is 2.30 bits per heavy atom. The van der Waals surface area contributed by atoms with Crippen molar-refractivity contribution in [2.24, 2.45) is 0 Å². The second-order valence-electron chi connectivity index (χ2n) is 7.46. The summed E-state index contributed by atoms with van der Waals surface area (Å²) in [7, 11) is -3.43. The molecule has 0 spiro atoms. The Kier molecular flexibility index (Phi) is 6.55. The van der Waals surface area contributed by atoms with Crippen LogP contribution >= 0.6 is 0 Å². The predicted octanol–water partition coefficient (Wildman–Crippen LogP) is 4.20. The molecule has 0 aliphatic carbocycles. The van der Waals surface area contributed by atoms with E-state index in [1.54, 1.807) is 12.1 Å². The summed E-state index contributed by atoms with van der Waals surface area (Å²) in [6, 6.07) is 14.0.